The highest BCUT2D eigenvalue weighted by atomic mass is 127. The van der Waals surface area contributed by atoms with Crippen LogP contribution < -0.4 is 9.64 Å². The number of nitrogens with zero attached hydrogens (tertiary/aromatic N) is 1. The number of hydrogen-bond donors (Lipinski definition) is 1. The highest BCUT2D eigenvalue weighted by molar-refractivity contribution is 14.1. The Morgan fingerprint density at radius 3 is 2.52 bits per heavy atom. The van der Waals surface area contributed by atoms with E-state index in [1.807, 2.05) is 30.4 Å². The van der Waals surface area contributed by atoms with Gasteiger partial charge >= 0.3 is 0 Å². The second kappa shape index (κ2) is 10.3. The number of allylic oxidation sites excluding steroid dienone is 7. The zero-order valence-electron chi connectivity index (χ0n) is 21.3. The Hall–Kier alpha value is -3.31. The van der Waals surface area contributed by atoms with Crippen molar-refractivity contribution < 1.29 is 29.0 Å². The van der Waals surface area contributed by atoms with E-state index in [1.165, 1.54) is 24.2 Å². The number of imide groups is 1. The molecule has 1 heterocycles. The van der Waals surface area contributed by atoms with Gasteiger partial charge < -0.3 is 9.84 Å². The maximum atomic E-state index is 13.9. The summed E-state index contributed by atoms with van der Waals surface area (Å²) in [6.45, 7) is 0. The maximum absolute atomic E-state index is 13.9. The Balaban J connectivity index is 1.42. The number of halogens is 2. The first kappa shape index (κ1) is 26.9. The SMILES string of the molecule is COc1cc(C=C[C@H]2C3=CC[C@@H]4C(=O)N(c5ccc(I)cc5)C(=O)[C@@H]4[C@@H]3CC3=C2C(=O)C=C(Br)C3=O)ccc1O. The Kier molecular flexibility index (Phi) is 6.90. The summed E-state index contributed by atoms with van der Waals surface area (Å²) in [5.41, 5.74) is 2.93. The van der Waals surface area contributed by atoms with Crippen LogP contribution in [0.2, 0.25) is 0 Å². The van der Waals surface area contributed by atoms with Gasteiger partial charge in [0.25, 0.3) is 0 Å². The van der Waals surface area contributed by atoms with Crippen LogP contribution in [0.25, 0.3) is 6.08 Å². The summed E-state index contributed by atoms with van der Waals surface area (Å²) in [6, 6.07) is 12.2. The number of benzene rings is 2. The molecule has 0 saturated carbocycles. The molecule has 3 aliphatic carbocycles. The molecule has 0 radical (unpaired) electrons. The van der Waals surface area contributed by atoms with Crippen molar-refractivity contribution in [3.05, 3.63) is 91.0 Å². The lowest BCUT2D eigenvalue weighted by atomic mass is 9.61. The molecule has 9 heteroatoms. The number of amides is 2. The number of anilines is 1. The molecule has 202 valence electrons. The number of aromatic hydroxyl groups is 1. The number of fused-ring (bicyclic) bond motifs is 3. The van der Waals surface area contributed by atoms with Crippen LogP contribution in [0.4, 0.5) is 5.69 Å². The van der Waals surface area contributed by atoms with Crippen molar-refractivity contribution in [1.82, 2.24) is 0 Å². The molecule has 1 fully saturated rings. The van der Waals surface area contributed by atoms with Gasteiger partial charge in [-0.05, 0) is 99.2 Å². The topological polar surface area (TPSA) is 101 Å². The average molecular weight is 712 g/mol. The van der Waals surface area contributed by atoms with Crippen LogP contribution in [0.15, 0.2) is 81.9 Å². The molecule has 1 aliphatic heterocycles. The normalized spacial score (nSPS) is 26.0. The van der Waals surface area contributed by atoms with E-state index in [0.717, 1.165) is 14.7 Å². The van der Waals surface area contributed by atoms with Gasteiger partial charge in [0.05, 0.1) is 29.1 Å². The fourth-order valence-corrected chi connectivity index (χ4v) is 7.14. The van der Waals surface area contributed by atoms with Crippen molar-refractivity contribution in [2.24, 2.45) is 23.7 Å². The minimum absolute atomic E-state index is 0.00791. The predicted molar refractivity (Wildman–Crippen MR) is 161 cm³/mol. The number of carbonyl (C=O) groups is 4. The third-order valence-electron chi connectivity index (χ3n) is 8.15. The molecular weight excluding hydrogens is 689 g/mol. The van der Waals surface area contributed by atoms with Crippen molar-refractivity contribution in [3.8, 4) is 11.5 Å². The van der Waals surface area contributed by atoms with E-state index < -0.39 is 23.7 Å². The summed E-state index contributed by atoms with van der Waals surface area (Å²) in [6.07, 6.45) is 7.56. The van der Waals surface area contributed by atoms with E-state index in [9.17, 15) is 24.3 Å². The van der Waals surface area contributed by atoms with Gasteiger partial charge in [0.1, 0.15) is 0 Å². The maximum Gasteiger partial charge on any atom is 0.238 e. The van der Waals surface area contributed by atoms with Gasteiger partial charge in [-0.2, -0.15) is 0 Å². The molecule has 4 aliphatic rings. The molecule has 1 N–H and O–H groups in total. The lowest BCUT2D eigenvalue weighted by molar-refractivity contribution is -0.123. The quantitative estimate of drug-likeness (QED) is 0.194. The third-order valence-corrected chi connectivity index (χ3v) is 9.46. The van der Waals surface area contributed by atoms with Gasteiger partial charge in [-0.3, -0.25) is 24.1 Å². The molecule has 1 saturated heterocycles. The zero-order chi connectivity index (χ0) is 28.3. The van der Waals surface area contributed by atoms with Crippen LogP contribution in [0.3, 0.4) is 0 Å². The van der Waals surface area contributed by atoms with Gasteiger partial charge in [-0.1, -0.05) is 29.9 Å². The van der Waals surface area contributed by atoms with E-state index in [1.54, 1.807) is 24.3 Å². The van der Waals surface area contributed by atoms with Crippen LogP contribution >= 0.6 is 38.5 Å². The minimum atomic E-state index is -0.627. The molecular formula is C31H23BrINO6. The standard InChI is InChI=1S/C31H23BrINO6/c1-40-26-12-15(3-11-24(26)35)2-8-19-18-9-10-20-28(21(18)13-22-27(19)25(36)14-23(32)29(22)37)31(39)34(30(20)38)17-6-4-16(33)5-7-17/h2-9,11-12,14,19-21,28,35H,10,13H2,1H3/t19-,20-,21+,28-/m0/s1. The molecule has 7 nitrogen and oxygen atoms in total. The Morgan fingerprint density at radius 2 is 1.80 bits per heavy atom. The summed E-state index contributed by atoms with van der Waals surface area (Å²) in [4.78, 5) is 55.3. The molecule has 2 amide bonds. The lowest BCUT2D eigenvalue weighted by Crippen LogP contribution is -2.40. The molecule has 0 unspecified atom stereocenters. The first-order valence-corrected chi connectivity index (χ1v) is 14.6. The van der Waals surface area contributed by atoms with Gasteiger partial charge in [0.2, 0.25) is 11.8 Å². The molecule has 2 aromatic carbocycles. The Bertz CT molecular complexity index is 1620. The Morgan fingerprint density at radius 1 is 1.05 bits per heavy atom. The first-order valence-electron chi connectivity index (χ1n) is 12.8. The fourth-order valence-electron chi connectivity index (χ4n) is 6.33. The van der Waals surface area contributed by atoms with E-state index in [2.05, 4.69) is 38.5 Å². The molecule has 0 bridgehead atoms. The predicted octanol–water partition coefficient (Wildman–Crippen LogP) is 5.52. The number of rotatable bonds is 4. The molecule has 6 rings (SSSR count). The van der Waals surface area contributed by atoms with Crippen molar-refractivity contribution >= 4 is 73.7 Å². The summed E-state index contributed by atoms with van der Waals surface area (Å²) >= 11 is 5.42. The van der Waals surface area contributed by atoms with Gasteiger partial charge in [0.15, 0.2) is 23.1 Å². The number of hydrogen-bond acceptors (Lipinski definition) is 6. The zero-order valence-corrected chi connectivity index (χ0v) is 25.0. The van der Waals surface area contributed by atoms with Gasteiger partial charge in [-0.25, -0.2) is 0 Å². The molecule has 4 atom stereocenters. The number of ketones is 2. The van der Waals surface area contributed by atoms with E-state index >= 15 is 0 Å². The minimum Gasteiger partial charge on any atom is -0.504 e. The van der Waals surface area contributed by atoms with Crippen molar-refractivity contribution in [2.45, 2.75) is 12.8 Å². The van der Waals surface area contributed by atoms with Crippen LogP contribution in [0.1, 0.15) is 18.4 Å². The lowest BCUT2D eigenvalue weighted by Gasteiger charge is -2.41. The molecule has 2 aromatic rings. The summed E-state index contributed by atoms with van der Waals surface area (Å²) in [7, 11) is 1.46. The van der Waals surface area contributed by atoms with Crippen LogP contribution in [-0.2, 0) is 19.2 Å². The van der Waals surface area contributed by atoms with Crippen molar-refractivity contribution in [3.63, 3.8) is 0 Å². The number of Topliss-reactive ketones (excluding diaryl/α,β-unsaturated/α-hetero) is 1. The number of carbonyl (C=O) groups excluding carboxylic acids is 4. The number of phenols is 1. The Labute approximate surface area is 252 Å². The second-order valence-corrected chi connectivity index (χ2v) is 12.3. The largest absolute Gasteiger partial charge is 0.504 e. The number of ether oxygens (including phenoxy) is 1. The summed E-state index contributed by atoms with van der Waals surface area (Å²) < 4.78 is 6.41. The van der Waals surface area contributed by atoms with Crippen LogP contribution in [0.5, 0.6) is 11.5 Å². The average Bonchev–Trinajstić information content (AvgIpc) is 3.20. The summed E-state index contributed by atoms with van der Waals surface area (Å²) in [5.74, 6) is -2.81. The highest BCUT2D eigenvalue weighted by Crippen LogP contribution is 2.53. The van der Waals surface area contributed by atoms with Crippen molar-refractivity contribution in [1.29, 1.82) is 0 Å². The van der Waals surface area contributed by atoms with Crippen LogP contribution in [-0.4, -0.2) is 35.6 Å². The third kappa shape index (κ3) is 4.30. The number of methoxy groups -OCH3 is 1. The first-order chi connectivity index (χ1) is 19.2. The summed E-state index contributed by atoms with van der Waals surface area (Å²) in [5, 5.41) is 9.98. The van der Waals surface area contributed by atoms with E-state index in [4.69, 9.17) is 4.74 Å². The highest BCUT2D eigenvalue weighted by Gasteiger charge is 2.56. The molecule has 40 heavy (non-hydrogen) atoms. The molecule has 0 aromatic heterocycles. The van der Waals surface area contributed by atoms with Crippen molar-refractivity contribution in [2.75, 3.05) is 12.0 Å². The molecule has 0 spiro atoms. The van der Waals surface area contributed by atoms with E-state index in [-0.39, 0.29) is 40.0 Å². The monoisotopic (exact) mass is 711 g/mol. The van der Waals surface area contributed by atoms with Crippen LogP contribution in [0, 0.1) is 27.2 Å². The number of phenolic OH excluding ortho intramolecular Hbond substituents is 1. The smallest absolute Gasteiger partial charge is 0.238 e. The van der Waals surface area contributed by atoms with E-state index in [0.29, 0.717) is 29.0 Å². The van der Waals surface area contributed by atoms with Gasteiger partial charge in [0, 0.05) is 26.7 Å². The fraction of sp³-hybridized carbons (Fsp3) is 0.226. The van der Waals surface area contributed by atoms with Gasteiger partial charge in [-0.15, -0.1) is 0 Å². The second-order valence-electron chi connectivity index (χ2n) is 10.2.